The maximum Gasteiger partial charge on any atom is 0.0600 e. The molecule has 0 saturated heterocycles. The van der Waals surface area contributed by atoms with Crippen molar-refractivity contribution >= 4 is 34.8 Å². The van der Waals surface area contributed by atoms with Crippen molar-refractivity contribution < 1.29 is 5.11 Å². The normalized spacial score (nSPS) is 9.90. The van der Waals surface area contributed by atoms with E-state index in [0.29, 0.717) is 5.02 Å². The largest absolute Gasteiger partial charge is 0.871 e. The summed E-state index contributed by atoms with van der Waals surface area (Å²) in [5.74, 6) is -0.348. The van der Waals surface area contributed by atoms with Crippen LogP contribution in [-0.2, 0) is 0 Å². The molecule has 4 heteroatoms. The van der Waals surface area contributed by atoms with Gasteiger partial charge in [0.15, 0.2) is 0 Å². The van der Waals surface area contributed by atoms with Gasteiger partial charge in [-0.1, -0.05) is 40.6 Å². The first-order chi connectivity index (χ1) is 4.61. The molecule has 0 saturated carbocycles. The van der Waals surface area contributed by atoms with Gasteiger partial charge in [0.2, 0.25) is 0 Å². The molecule has 0 N–H and O–H groups in total. The molecule has 0 fully saturated rings. The van der Waals surface area contributed by atoms with Gasteiger partial charge in [-0.15, -0.1) is 0 Å². The average molecular weight is 196 g/mol. The molecule has 0 radical (unpaired) electrons. The van der Waals surface area contributed by atoms with Crippen LogP contribution >= 0.6 is 34.8 Å². The van der Waals surface area contributed by atoms with Gasteiger partial charge in [0, 0.05) is 5.02 Å². The minimum Gasteiger partial charge on any atom is -0.871 e. The molecule has 0 amide bonds. The Balaban J connectivity index is 3.31. The first kappa shape index (κ1) is 7.99. The Labute approximate surface area is 73.1 Å². The summed E-state index contributed by atoms with van der Waals surface area (Å²) in [6.07, 6.45) is 0. The van der Waals surface area contributed by atoms with Gasteiger partial charge in [0.05, 0.1) is 10.0 Å². The van der Waals surface area contributed by atoms with Crippen molar-refractivity contribution in [2.24, 2.45) is 0 Å². The van der Waals surface area contributed by atoms with Crippen LogP contribution in [0.15, 0.2) is 12.1 Å². The fourth-order valence-electron chi connectivity index (χ4n) is 0.532. The van der Waals surface area contributed by atoms with E-state index >= 15 is 0 Å². The SMILES string of the molecule is [O-]c1cc(Cl)cc(Cl)c1Cl. The molecule has 0 unspecified atom stereocenters. The van der Waals surface area contributed by atoms with E-state index in [4.69, 9.17) is 34.8 Å². The van der Waals surface area contributed by atoms with Gasteiger partial charge < -0.3 is 5.11 Å². The van der Waals surface area contributed by atoms with E-state index in [1.54, 1.807) is 0 Å². The summed E-state index contributed by atoms with van der Waals surface area (Å²) in [6, 6.07) is 2.64. The van der Waals surface area contributed by atoms with Gasteiger partial charge in [-0.2, -0.15) is 0 Å². The fraction of sp³-hybridized carbons (Fsp3) is 0. The highest BCUT2D eigenvalue weighted by atomic mass is 35.5. The molecule has 0 aliphatic carbocycles. The number of benzene rings is 1. The van der Waals surface area contributed by atoms with Crippen LogP contribution in [0.2, 0.25) is 15.1 Å². The third kappa shape index (κ3) is 1.48. The molecule has 1 aromatic rings. The summed E-state index contributed by atoms with van der Waals surface area (Å²) >= 11 is 16.4. The summed E-state index contributed by atoms with van der Waals surface area (Å²) in [5.41, 5.74) is 0. The first-order valence-electron chi connectivity index (χ1n) is 2.43. The zero-order valence-electron chi connectivity index (χ0n) is 4.70. The smallest absolute Gasteiger partial charge is 0.0600 e. The van der Waals surface area contributed by atoms with Crippen molar-refractivity contribution in [3.63, 3.8) is 0 Å². The molecular formula is C6H2Cl3O-. The van der Waals surface area contributed by atoms with Crippen molar-refractivity contribution in [3.8, 4) is 5.75 Å². The Bertz CT molecular complexity index is 236. The summed E-state index contributed by atoms with van der Waals surface area (Å²) in [4.78, 5) is 0. The topological polar surface area (TPSA) is 23.1 Å². The van der Waals surface area contributed by atoms with E-state index in [1.165, 1.54) is 12.1 Å². The van der Waals surface area contributed by atoms with Crippen LogP contribution in [0.3, 0.4) is 0 Å². The predicted octanol–water partition coefficient (Wildman–Crippen LogP) is 2.72. The molecule has 10 heavy (non-hydrogen) atoms. The third-order valence-corrected chi connectivity index (χ3v) is 1.96. The Morgan fingerprint density at radius 2 is 1.70 bits per heavy atom. The van der Waals surface area contributed by atoms with Crippen LogP contribution in [0.25, 0.3) is 0 Å². The zero-order valence-corrected chi connectivity index (χ0v) is 6.96. The lowest BCUT2D eigenvalue weighted by Crippen LogP contribution is -1.90. The minimum absolute atomic E-state index is 0.0195. The Hall–Kier alpha value is -0.110. The van der Waals surface area contributed by atoms with E-state index < -0.39 is 0 Å². The summed E-state index contributed by atoms with van der Waals surface area (Å²) < 4.78 is 0. The van der Waals surface area contributed by atoms with Gasteiger partial charge in [0.1, 0.15) is 0 Å². The van der Waals surface area contributed by atoms with Crippen molar-refractivity contribution in [1.29, 1.82) is 0 Å². The highest BCUT2D eigenvalue weighted by Gasteiger charge is 1.98. The second-order valence-electron chi connectivity index (χ2n) is 1.70. The fourth-order valence-corrected chi connectivity index (χ4v) is 1.12. The van der Waals surface area contributed by atoms with Crippen LogP contribution in [0.1, 0.15) is 0 Å². The van der Waals surface area contributed by atoms with Crippen LogP contribution in [0, 0.1) is 0 Å². The molecular weight excluding hydrogens is 194 g/mol. The predicted molar refractivity (Wildman–Crippen MR) is 40.9 cm³/mol. The lowest BCUT2D eigenvalue weighted by atomic mass is 10.3. The lowest BCUT2D eigenvalue weighted by molar-refractivity contribution is -0.268. The first-order valence-corrected chi connectivity index (χ1v) is 3.56. The minimum atomic E-state index is -0.348. The van der Waals surface area contributed by atoms with Crippen LogP contribution in [0.4, 0.5) is 0 Å². The van der Waals surface area contributed by atoms with Crippen molar-refractivity contribution in [1.82, 2.24) is 0 Å². The molecule has 0 aliphatic heterocycles. The maximum absolute atomic E-state index is 10.8. The average Bonchev–Trinajstić information content (AvgIpc) is 1.82. The third-order valence-electron chi connectivity index (χ3n) is 0.960. The van der Waals surface area contributed by atoms with E-state index in [0.717, 1.165) is 0 Å². The van der Waals surface area contributed by atoms with Crippen molar-refractivity contribution in [3.05, 3.63) is 27.2 Å². The van der Waals surface area contributed by atoms with Gasteiger partial charge >= 0.3 is 0 Å². The number of hydrogen-bond acceptors (Lipinski definition) is 1. The van der Waals surface area contributed by atoms with Crippen molar-refractivity contribution in [2.45, 2.75) is 0 Å². The van der Waals surface area contributed by atoms with E-state index in [-0.39, 0.29) is 15.8 Å². The Morgan fingerprint density at radius 1 is 1.10 bits per heavy atom. The lowest BCUT2D eigenvalue weighted by Gasteiger charge is -2.08. The van der Waals surface area contributed by atoms with Crippen LogP contribution in [-0.4, -0.2) is 0 Å². The van der Waals surface area contributed by atoms with Crippen LogP contribution in [0.5, 0.6) is 5.75 Å². The van der Waals surface area contributed by atoms with E-state index in [2.05, 4.69) is 0 Å². The number of hydrogen-bond donors (Lipinski definition) is 0. The molecule has 0 atom stereocenters. The van der Waals surface area contributed by atoms with E-state index in [1.807, 2.05) is 0 Å². The summed E-state index contributed by atoms with van der Waals surface area (Å²) in [5, 5.41) is 11.3. The number of rotatable bonds is 0. The van der Waals surface area contributed by atoms with Crippen LogP contribution < -0.4 is 5.11 Å². The molecule has 0 aliphatic rings. The second kappa shape index (κ2) is 2.87. The molecule has 0 spiro atoms. The standard InChI is InChI=1S/C6H3Cl3O/c7-3-1-4(8)6(9)5(10)2-3/h1-2,10H/p-1. The quantitative estimate of drug-likeness (QED) is 0.585. The summed E-state index contributed by atoms with van der Waals surface area (Å²) in [6.45, 7) is 0. The zero-order chi connectivity index (χ0) is 7.72. The van der Waals surface area contributed by atoms with E-state index in [9.17, 15) is 5.11 Å². The molecule has 54 valence electrons. The Morgan fingerprint density at radius 3 is 2.20 bits per heavy atom. The van der Waals surface area contributed by atoms with Gasteiger partial charge in [0.25, 0.3) is 0 Å². The monoisotopic (exact) mass is 195 g/mol. The van der Waals surface area contributed by atoms with Gasteiger partial charge in [-0.25, -0.2) is 0 Å². The maximum atomic E-state index is 10.8. The molecule has 1 nitrogen and oxygen atoms in total. The van der Waals surface area contributed by atoms with Crippen molar-refractivity contribution in [2.75, 3.05) is 0 Å². The molecule has 0 aromatic heterocycles. The molecule has 1 aromatic carbocycles. The molecule has 0 heterocycles. The van der Waals surface area contributed by atoms with Gasteiger partial charge in [-0.05, 0) is 12.1 Å². The van der Waals surface area contributed by atoms with Gasteiger partial charge in [-0.3, -0.25) is 0 Å². The highest BCUT2D eigenvalue weighted by Crippen LogP contribution is 2.32. The molecule has 0 bridgehead atoms. The number of halogens is 3. The second-order valence-corrected chi connectivity index (χ2v) is 2.92. The highest BCUT2D eigenvalue weighted by molar-refractivity contribution is 6.44. The Kier molecular flexibility index (Phi) is 2.29. The summed E-state index contributed by atoms with van der Waals surface area (Å²) in [7, 11) is 0. The molecule has 1 rings (SSSR count).